The van der Waals surface area contributed by atoms with Gasteiger partial charge in [-0.05, 0) is 155 Å². The molecule has 16 rings (SSSR count). The zero-order valence-corrected chi connectivity index (χ0v) is 48.2. The van der Waals surface area contributed by atoms with Crippen molar-refractivity contribution in [1.29, 1.82) is 0 Å². The topological polar surface area (TPSA) is 49.0 Å². The normalized spacial score (nSPS) is 19.1. The summed E-state index contributed by atoms with van der Waals surface area (Å²) in [6.07, 6.45) is -3.69. The van der Waals surface area contributed by atoms with Gasteiger partial charge in [-0.25, -0.2) is 4.98 Å². The van der Waals surface area contributed by atoms with E-state index in [2.05, 4.69) is 49.9 Å². The monoisotopic (exact) mass is 1300 g/mol. The Labute approximate surface area is 536 Å². The predicted molar refractivity (Wildman–Crippen MR) is 342 cm³/mol. The summed E-state index contributed by atoms with van der Waals surface area (Å²) in [4.78, 5) is 4.85. The van der Waals surface area contributed by atoms with E-state index in [1.54, 1.807) is 45.7 Å². The molecule has 0 amide bonds. The van der Waals surface area contributed by atoms with E-state index >= 15 is 0 Å². The first kappa shape index (κ1) is 35.9. The van der Waals surface area contributed by atoms with E-state index in [-0.39, 0.29) is 43.5 Å². The number of pyridine rings is 1. The fraction of sp³-hybridized carbons (Fsp3) is 0.154. The summed E-state index contributed by atoms with van der Waals surface area (Å²) < 4.78 is 197. The van der Waals surface area contributed by atoms with Gasteiger partial charge in [0.15, 0.2) is 0 Å². The SMILES string of the molecule is [2H]c1c([2H])c2c(c([2H])c1-c1cccc3c1-[n+]1[c-]n(-c4[c-]c(Oc5[c-]c6c(cc5)c5ccccc5n6-c5cc(C(C)(C)C)ccn5)ccc4)c4cccc(c41)-c1ccccc1-c1ccc(-c4ccc5oc6ccccc6c5c4)cc1-3)C(C([2H])([2H])[2H])(C([2H])([2H])[2H])C([2H])([2H])C([2H])([2H])C2(C([2H])([2H])[2H])C([2H])([2H])[2H].[Pt]. The third-order valence-electron chi connectivity index (χ3n) is 16.3. The minimum atomic E-state index is -4.55. The molecular formula is C78H60N4O2Pt-2. The van der Waals surface area contributed by atoms with Gasteiger partial charge >= 0.3 is 0 Å². The number of aromatic nitrogens is 4. The van der Waals surface area contributed by atoms with Crippen molar-refractivity contribution in [2.45, 2.75) is 77.2 Å². The second-order valence-electron chi connectivity index (χ2n) is 22.6. The van der Waals surface area contributed by atoms with Crippen molar-refractivity contribution >= 4 is 54.8 Å². The molecule has 7 heteroatoms. The van der Waals surface area contributed by atoms with Gasteiger partial charge in [-0.2, -0.15) is 18.2 Å². The van der Waals surface area contributed by atoms with Gasteiger partial charge in [0, 0.05) is 77.0 Å². The van der Waals surface area contributed by atoms with Crippen molar-refractivity contribution in [3.05, 3.63) is 248 Å². The van der Waals surface area contributed by atoms with Crippen LogP contribution in [0.3, 0.4) is 0 Å². The van der Waals surface area contributed by atoms with Crippen molar-refractivity contribution in [2.75, 3.05) is 0 Å². The van der Waals surface area contributed by atoms with E-state index in [9.17, 15) is 9.60 Å². The molecule has 0 radical (unpaired) electrons. The molecule has 0 bridgehead atoms. The molecule has 10 aromatic carbocycles. The van der Waals surface area contributed by atoms with Crippen LogP contribution in [-0.4, -0.2) is 14.1 Å². The fourth-order valence-corrected chi connectivity index (χ4v) is 12.3. The molecule has 0 spiro atoms. The van der Waals surface area contributed by atoms with Crippen LogP contribution in [0, 0.1) is 18.5 Å². The third-order valence-corrected chi connectivity index (χ3v) is 16.3. The van der Waals surface area contributed by atoms with Crippen LogP contribution in [0.5, 0.6) is 11.5 Å². The van der Waals surface area contributed by atoms with Crippen LogP contribution in [0.25, 0.3) is 128 Å². The number of rotatable bonds is 6. The molecular weight excluding hydrogens is 1220 g/mol. The van der Waals surface area contributed by atoms with Gasteiger partial charge in [0.25, 0.3) is 6.33 Å². The summed E-state index contributed by atoms with van der Waals surface area (Å²) >= 11 is 0. The van der Waals surface area contributed by atoms with Crippen molar-refractivity contribution in [3.8, 4) is 84.3 Å². The molecule has 0 fully saturated rings. The Morgan fingerprint density at radius 2 is 1.25 bits per heavy atom. The minimum absolute atomic E-state index is 0. The average molecular weight is 1300 g/mol. The minimum Gasteiger partial charge on any atom is -0.510 e. The van der Waals surface area contributed by atoms with Gasteiger partial charge in [0.2, 0.25) is 0 Å². The first-order valence-corrected chi connectivity index (χ1v) is 27.6. The van der Waals surface area contributed by atoms with Crippen molar-refractivity contribution in [1.82, 2.24) is 14.1 Å². The molecule has 14 aromatic rings. The van der Waals surface area contributed by atoms with E-state index < -0.39 is 85.8 Å². The molecule has 1 aliphatic heterocycles. The van der Waals surface area contributed by atoms with Crippen molar-refractivity contribution < 1.29 is 60.8 Å². The van der Waals surface area contributed by atoms with Gasteiger partial charge < -0.3 is 18.3 Å². The molecule has 1 aliphatic carbocycles. The number of imidazole rings is 1. The molecule has 0 N–H and O–H groups in total. The Balaban J connectivity index is 0.00000870. The summed E-state index contributed by atoms with van der Waals surface area (Å²) in [5.41, 5.74) is -2.45. The quantitative estimate of drug-likeness (QED) is 0.123. The summed E-state index contributed by atoms with van der Waals surface area (Å²) in [7, 11) is 0. The van der Waals surface area contributed by atoms with Crippen molar-refractivity contribution in [3.63, 3.8) is 0 Å². The number of para-hydroxylation sites is 4. The summed E-state index contributed by atoms with van der Waals surface area (Å²) in [6.45, 7) is -10.6. The Morgan fingerprint density at radius 1 is 0.576 bits per heavy atom. The Hall–Kier alpha value is -9.09. The van der Waals surface area contributed by atoms with Gasteiger partial charge in [-0.15, -0.1) is 29.7 Å². The van der Waals surface area contributed by atoms with Gasteiger partial charge in [-0.3, -0.25) is 4.57 Å². The summed E-state index contributed by atoms with van der Waals surface area (Å²) in [5, 5.41) is 3.62. The maximum atomic E-state index is 10.6. The van der Waals surface area contributed by atoms with E-state index in [1.165, 1.54) is 6.07 Å². The molecule has 0 saturated heterocycles. The number of hydrogen-bond donors (Lipinski definition) is 0. The summed E-state index contributed by atoms with van der Waals surface area (Å²) in [5.74, 6) is 1.30. The van der Waals surface area contributed by atoms with Crippen molar-refractivity contribution in [2.24, 2.45) is 0 Å². The van der Waals surface area contributed by atoms with Gasteiger partial charge in [-0.1, -0.05) is 187 Å². The second-order valence-corrected chi connectivity index (χ2v) is 22.6. The molecule has 5 heterocycles. The molecule has 0 atom stereocenters. The molecule has 0 unspecified atom stereocenters. The fourth-order valence-electron chi connectivity index (χ4n) is 12.3. The van der Waals surface area contributed by atoms with E-state index in [0.717, 1.165) is 49.3 Å². The second kappa shape index (κ2) is 19.5. The van der Waals surface area contributed by atoms with Crippen LogP contribution in [0.2, 0.25) is 0 Å². The van der Waals surface area contributed by atoms with E-state index in [4.69, 9.17) is 30.6 Å². The first-order chi connectivity index (χ1) is 48.5. The van der Waals surface area contributed by atoms with Crippen LogP contribution in [0.1, 0.15) is 104 Å². The number of nitrogens with zero attached hydrogens (tertiary/aromatic N) is 4. The largest absolute Gasteiger partial charge is 0.510 e. The number of hydrogen-bond acceptors (Lipinski definition) is 3. The van der Waals surface area contributed by atoms with Crippen LogP contribution in [-0.2, 0) is 37.3 Å². The molecule has 0 saturated carbocycles. The zero-order valence-electron chi connectivity index (χ0n) is 64.9. The average Bonchev–Trinajstić information content (AvgIpc) is 0.788. The molecule has 2 aliphatic rings. The molecule has 4 aromatic heterocycles. The molecule has 6 nitrogen and oxygen atoms in total. The first-order valence-electron chi connectivity index (χ1n) is 37.1. The van der Waals surface area contributed by atoms with E-state index in [0.29, 0.717) is 72.8 Å². The Morgan fingerprint density at radius 3 is 2.09 bits per heavy atom. The van der Waals surface area contributed by atoms with Gasteiger partial charge in [0.1, 0.15) is 17.0 Å². The van der Waals surface area contributed by atoms with E-state index in [1.807, 2.05) is 146 Å². The van der Waals surface area contributed by atoms with Crippen LogP contribution < -0.4 is 9.30 Å². The maximum absolute atomic E-state index is 10.6. The molecule has 416 valence electrons. The Bertz CT molecular complexity index is 5910. The summed E-state index contributed by atoms with van der Waals surface area (Å²) in [6, 6.07) is 61.8. The number of fused-ring (bicyclic) bond motifs is 14. The third kappa shape index (κ3) is 8.46. The number of ether oxygens (including phenoxy) is 1. The maximum Gasteiger partial charge on any atom is 0.268 e. The van der Waals surface area contributed by atoms with Crippen LogP contribution >= 0.6 is 0 Å². The molecule has 85 heavy (non-hydrogen) atoms. The van der Waals surface area contributed by atoms with Gasteiger partial charge in [0.05, 0.1) is 20.8 Å². The smallest absolute Gasteiger partial charge is 0.268 e. The standard InChI is InChI=1S/C78H60N4O2.Pt/c1-76(2,3)51-37-40-79-73(44-51)82-68-26-12-10-21-59(68)60-34-32-54(46-70(60)82)83-53-18-14-17-52(45-53)80-47-81-74-55(50-30-35-66-67(43-50)78(6,7)39-38-77(66,4)5)23-15-24-63(74)64-41-48(49-31-36-72-65(42-49)61-22-11-13-28-71(61)84-72)29-33-58(64)56-19-8-9-20-57(56)62-25-16-27-69(80)75(62)81;/h8-37,40-44H,38-39H2,1-7H3;/q-2;/i4D3,5D3,6D3,7D3,30D,35D,38D2,39D2,43D;. The van der Waals surface area contributed by atoms with Crippen LogP contribution in [0.15, 0.2) is 217 Å². The Kier molecular flexibility index (Phi) is 8.23. The van der Waals surface area contributed by atoms with Crippen LogP contribution in [0.4, 0.5) is 0 Å². The number of furan rings is 1. The number of benzene rings is 10. The zero-order chi connectivity index (χ0) is 73.0. The predicted octanol–water partition coefficient (Wildman–Crippen LogP) is 19.8.